The molecule has 0 aromatic heterocycles. The third kappa shape index (κ3) is 5.55. The molecular formula is C21H29N3O4. The summed E-state index contributed by atoms with van der Waals surface area (Å²) in [5, 5.41) is 12.3. The lowest BCUT2D eigenvalue weighted by Crippen LogP contribution is -2.50. The summed E-state index contributed by atoms with van der Waals surface area (Å²) < 4.78 is 0. The normalized spacial score (nSPS) is 20.9. The molecule has 1 aromatic rings. The van der Waals surface area contributed by atoms with Crippen molar-refractivity contribution in [2.24, 2.45) is 0 Å². The number of carboxylic acid groups (broad SMARTS) is 1. The van der Waals surface area contributed by atoms with Gasteiger partial charge in [0.2, 0.25) is 11.8 Å². The summed E-state index contributed by atoms with van der Waals surface area (Å²) in [5.41, 5.74) is 1.15. The molecule has 0 bridgehead atoms. The first-order chi connectivity index (χ1) is 13.5. The molecule has 0 aliphatic carbocycles. The zero-order valence-electron chi connectivity index (χ0n) is 16.2. The van der Waals surface area contributed by atoms with Gasteiger partial charge >= 0.3 is 5.97 Å². The van der Waals surface area contributed by atoms with Crippen LogP contribution in [0.4, 0.5) is 0 Å². The molecule has 2 N–H and O–H groups in total. The largest absolute Gasteiger partial charge is 0.480 e. The van der Waals surface area contributed by atoms with E-state index in [2.05, 4.69) is 5.32 Å². The Hall–Kier alpha value is -2.41. The zero-order chi connectivity index (χ0) is 19.9. The summed E-state index contributed by atoms with van der Waals surface area (Å²) in [5.74, 6) is -0.806. The predicted molar refractivity (Wildman–Crippen MR) is 105 cm³/mol. The van der Waals surface area contributed by atoms with Gasteiger partial charge in [-0.15, -0.1) is 0 Å². The number of likely N-dealkylation sites (tertiary alicyclic amines) is 2. The van der Waals surface area contributed by atoms with Crippen LogP contribution in [0.1, 0.15) is 37.7 Å². The molecule has 0 saturated carbocycles. The Balaban J connectivity index is 1.37. The van der Waals surface area contributed by atoms with Gasteiger partial charge in [0.05, 0.1) is 6.54 Å². The Morgan fingerprint density at radius 3 is 2.43 bits per heavy atom. The first-order valence-electron chi connectivity index (χ1n) is 10.1. The van der Waals surface area contributed by atoms with Gasteiger partial charge in [-0.1, -0.05) is 30.3 Å². The van der Waals surface area contributed by atoms with Crippen LogP contribution < -0.4 is 5.32 Å². The Bertz CT molecular complexity index is 686. The standard InChI is InChI=1S/C21H29N3O4/c25-19(9-8-16-5-2-1-3-6-16)22-17-10-13-23(14-11-17)20(26)15-24-12-4-7-18(24)21(27)28/h1-3,5-6,17-18H,4,7-15H2,(H,22,25)(H,27,28). The van der Waals surface area contributed by atoms with Crippen molar-refractivity contribution >= 4 is 17.8 Å². The minimum absolute atomic E-state index is 0.0120. The number of carbonyl (C=O) groups is 3. The number of nitrogens with zero attached hydrogens (tertiary/aromatic N) is 2. The highest BCUT2D eigenvalue weighted by atomic mass is 16.4. The van der Waals surface area contributed by atoms with Gasteiger partial charge in [0, 0.05) is 25.6 Å². The fraction of sp³-hybridized carbons (Fsp3) is 0.571. The number of hydrogen-bond donors (Lipinski definition) is 2. The number of benzene rings is 1. The molecule has 28 heavy (non-hydrogen) atoms. The fourth-order valence-electron chi connectivity index (χ4n) is 4.04. The molecule has 2 fully saturated rings. The van der Waals surface area contributed by atoms with E-state index in [-0.39, 0.29) is 24.4 Å². The van der Waals surface area contributed by atoms with Crippen molar-refractivity contribution in [3.8, 4) is 0 Å². The average Bonchev–Trinajstić information content (AvgIpc) is 3.16. The molecule has 7 heteroatoms. The molecule has 2 heterocycles. The molecule has 1 atom stereocenters. The number of nitrogens with one attached hydrogen (secondary N) is 1. The van der Waals surface area contributed by atoms with E-state index in [0.29, 0.717) is 32.5 Å². The van der Waals surface area contributed by atoms with Crippen LogP contribution in [-0.2, 0) is 20.8 Å². The number of hydrogen-bond acceptors (Lipinski definition) is 4. The van der Waals surface area contributed by atoms with Gasteiger partial charge in [0.15, 0.2) is 0 Å². The number of piperidine rings is 1. The van der Waals surface area contributed by atoms with Crippen LogP contribution in [0.15, 0.2) is 30.3 Å². The summed E-state index contributed by atoms with van der Waals surface area (Å²) >= 11 is 0. The Kier molecular flexibility index (Phi) is 7.03. The van der Waals surface area contributed by atoms with Crippen molar-refractivity contribution in [1.82, 2.24) is 15.1 Å². The maximum Gasteiger partial charge on any atom is 0.320 e. The monoisotopic (exact) mass is 387 g/mol. The van der Waals surface area contributed by atoms with Crippen molar-refractivity contribution in [2.45, 2.75) is 50.6 Å². The van der Waals surface area contributed by atoms with Gasteiger partial charge in [0.25, 0.3) is 0 Å². The molecular weight excluding hydrogens is 358 g/mol. The third-order valence-corrected chi connectivity index (χ3v) is 5.68. The minimum atomic E-state index is -0.845. The quantitative estimate of drug-likeness (QED) is 0.736. The molecule has 1 aromatic carbocycles. The lowest BCUT2D eigenvalue weighted by molar-refractivity contribution is -0.143. The maximum atomic E-state index is 12.5. The van der Waals surface area contributed by atoms with Crippen molar-refractivity contribution in [2.75, 3.05) is 26.2 Å². The lowest BCUT2D eigenvalue weighted by atomic mass is 10.0. The molecule has 1 unspecified atom stereocenters. The first-order valence-corrected chi connectivity index (χ1v) is 10.1. The first kappa shape index (κ1) is 20.3. The van der Waals surface area contributed by atoms with Crippen LogP contribution in [0.3, 0.4) is 0 Å². The smallest absolute Gasteiger partial charge is 0.320 e. The van der Waals surface area contributed by atoms with Gasteiger partial charge in [-0.25, -0.2) is 0 Å². The Labute approximate surface area is 165 Å². The van der Waals surface area contributed by atoms with Gasteiger partial charge < -0.3 is 15.3 Å². The van der Waals surface area contributed by atoms with E-state index < -0.39 is 12.0 Å². The van der Waals surface area contributed by atoms with Gasteiger partial charge in [0.1, 0.15) is 6.04 Å². The molecule has 3 rings (SSSR count). The second kappa shape index (κ2) is 9.68. The van der Waals surface area contributed by atoms with Crippen LogP contribution in [-0.4, -0.2) is 71.0 Å². The maximum absolute atomic E-state index is 12.5. The number of carbonyl (C=O) groups excluding carboxylic acids is 2. The van der Waals surface area contributed by atoms with E-state index in [9.17, 15) is 19.5 Å². The Morgan fingerprint density at radius 1 is 1.04 bits per heavy atom. The fourth-order valence-corrected chi connectivity index (χ4v) is 4.04. The summed E-state index contributed by atoms with van der Waals surface area (Å²) in [6, 6.07) is 9.52. The van der Waals surface area contributed by atoms with E-state index in [1.165, 1.54) is 0 Å². The average molecular weight is 387 g/mol. The second-order valence-electron chi connectivity index (χ2n) is 7.67. The van der Waals surface area contributed by atoms with Gasteiger partial charge in [-0.05, 0) is 44.2 Å². The topological polar surface area (TPSA) is 90.0 Å². The second-order valence-corrected chi connectivity index (χ2v) is 7.67. The molecule has 0 spiro atoms. The van der Waals surface area contributed by atoms with Gasteiger partial charge in [-0.2, -0.15) is 0 Å². The minimum Gasteiger partial charge on any atom is -0.480 e. The number of aliphatic carboxylic acids is 1. The van der Waals surface area contributed by atoms with Crippen LogP contribution in [0.2, 0.25) is 0 Å². The number of aryl methyl sites for hydroxylation is 1. The SMILES string of the molecule is O=C(CCc1ccccc1)NC1CCN(C(=O)CN2CCCC2C(=O)O)CC1. The summed E-state index contributed by atoms with van der Waals surface area (Å²) in [6.45, 7) is 2.05. The van der Waals surface area contributed by atoms with Crippen LogP contribution in [0.5, 0.6) is 0 Å². The Morgan fingerprint density at radius 2 is 1.75 bits per heavy atom. The number of rotatable bonds is 7. The van der Waals surface area contributed by atoms with E-state index in [1.54, 1.807) is 9.80 Å². The highest BCUT2D eigenvalue weighted by Gasteiger charge is 2.33. The number of amides is 2. The van der Waals surface area contributed by atoms with Crippen LogP contribution >= 0.6 is 0 Å². The molecule has 2 amide bonds. The lowest BCUT2D eigenvalue weighted by Gasteiger charge is -2.34. The van der Waals surface area contributed by atoms with Crippen molar-refractivity contribution in [1.29, 1.82) is 0 Å². The van der Waals surface area contributed by atoms with E-state index in [4.69, 9.17) is 0 Å². The highest BCUT2D eigenvalue weighted by Crippen LogP contribution is 2.18. The highest BCUT2D eigenvalue weighted by molar-refractivity contribution is 5.80. The summed E-state index contributed by atoms with van der Waals surface area (Å²) in [4.78, 5) is 39.5. The zero-order valence-corrected chi connectivity index (χ0v) is 16.2. The van der Waals surface area contributed by atoms with Crippen LogP contribution in [0.25, 0.3) is 0 Å². The molecule has 2 saturated heterocycles. The molecule has 2 aliphatic rings. The van der Waals surface area contributed by atoms with Crippen molar-refractivity contribution in [3.63, 3.8) is 0 Å². The summed E-state index contributed by atoms with van der Waals surface area (Å²) in [6.07, 6.45) is 4.11. The van der Waals surface area contributed by atoms with E-state index in [1.807, 2.05) is 30.3 Å². The predicted octanol–water partition coefficient (Wildman–Crippen LogP) is 1.28. The third-order valence-electron chi connectivity index (χ3n) is 5.68. The van der Waals surface area contributed by atoms with E-state index >= 15 is 0 Å². The molecule has 2 aliphatic heterocycles. The van der Waals surface area contributed by atoms with Crippen molar-refractivity contribution < 1.29 is 19.5 Å². The van der Waals surface area contributed by atoms with Crippen molar-refractivity contribution in [3.05, 3.63) is 35.9 Å². The number of carboxylic acids is 1. The molecule has 0 radical (unpaired) electrons. The van der Waals surface area contributed by atoms with E-state index in [0.717, 1.165) is 31.2 Å². The molecule has 152 valence electrons. The van der Waals surface area contributed by atoms with Gasteiger partial charge in [-0.3, -0.25) is 19.3 Å². The summed E-state index contributed by atoms with van der Waals surface area (Å²) in [7, 11) is 0. The van der Waals surface area contributed by atoms with Crippen LogP contribution in [0, 0.1) is 0 Å². The molecule has 7 nitrogen and oxygen atoms in total.